The maximum Gasteiger partial charge on any atom is 0.251 e. The van der Waals surface area contributed by atoms with Crippen LogP contribution in [-0.2, 0) is 11.2 Å². The lowest BCUT2D eigenvalue weighted by molar-refractivity contribution is -0.125. The van der Waals surface area contributed by atoms with E-state index in [9.17, 15) is 9.59 Å². The fraction of sp³-hybridized carbons (Fsp3) is 0.500. The molecule has 0 radical (unpaired) electrons. The van der Waals surface area contributed by atoms with Gasteiger partial charge in [0.2, 0.25) is 5.91 Å². The zero-order valence-corrected chi connectivity index (χ0v) is 12.4. The number of hydrogen-bond acceptors (Lipinski definition) is 4. The summed E-state index contributed by atoms with van der Waals surface area (Å²) in [6.07, 6.45) is 0.739. The van der Waals surface area contributed by atoms with Crippen molar-refractivity contribution in [3.05, 3.63) is 23.4 Å². The molecule has 0 unspecified atom stereocenters. The van der Waals surface area contributed by atoms with E-state index in [1.807, 2.05) is 6.92 Å². The monoisotopic (exact) mass is 278 g/mol. The molecule has 4 N–H and O–H groups in total. The van der Waals surface area contributed by atoms with Gasteiger partial charge < -0.3 is 16.4 Å². The van der Waals surface area contributed by atoms with Crippen molar-refractivity contribution in [3.63, 3.8) is 0 Å². The number of pyridine rings is 1. The van der Waals surface area contributed by atoms with Gasteiger partial charge in [0, 0.05) is 24.8 Å². The highest BCUT2D eigenvalue weighted by molar-refractivity contribution is 5.95. The van der Waals surface area contributed by atoms with Gasteiger partial charge in [0.15, 0.2) is 0 Å². The molecule has 0 aliphatic heterocycles. The highest BCUT2D eigenvalue weighted by Crippen LogP contribution is 2.14. The molecule has 0 aromatic carbocycles. The molecule has 0 aliphatic carbocycles. The molecule has 20 heavy (non-hydrogen) atoms. The molecule has 1 aromatic heterocycles. The minimum absolute atomic E-state index is 0.194. The molecular formula is C14H22N4O2. The summed E-state index contributed by atoms with van der Waals surface area (Å²) in [5.74, 6) is -0.0470. The van der Waals surface area contributed by atoms with Gasteiger partial charge in [-0.2, -0.15) is 0 Å². The lowest BCUT2D eigenvalue weighted by atomic mass is 9.92. The first-order valence-electron chi connectivity index (χ1n) is 6.57. The fourth-order valence-electron chi connectivity index (χ4n) is 1.52. The van der Waals surface area contributed by atoms with E-state index in [2.05, 4.69) is 15.6 Å². The Balaban J connectivity index is 2.85. The molecule has 0 spiro atoms. The van der Waals surface area contributed by atoms with Crippen molar-refractivity contribution in [1.82, 2.24) is 10.3 Å². The average Bonchev–Trinajstić information content (AvgIpc) is 2.43. The zero-order valence-electron chi connectivity index (χ0n) is 12.4. The Morgan fingerprint density at radius 2 is 2.00 bits per heavy atom. The second-order valence-electron chi connectivity index (χ2n) is 5.27. The van der Waals surface area contributed by atoms with Gasteiger partial charge in [0.1, 0.15) is 5.82 Å². The minimum atomic E-state index is -0.776. The van der Waals surface area contributed by atoms with E-state index >= 15 is 0 Å². The smallest absolute Gasteiger partial charge is 0.251 e. The van der Waals surface area contributed by atoms with Crippen molar-refractivity contribution in [2.45, 2.75) is 27.2 Å². The van der Waals surface area contributed by atoms with Crippen LogP contribution in [0.4, 0.5) is 5.82 Å². The summed E-state index contributed by atoms with van der Waals surface area (Å²) in [5.41, 5.74) is 5.85. The van der Waals surface area contributed by atoms with Gasteiger partial charge in [-0.3, -0.25) is 9.59 Å². The minimum Gasteiger partial charge on any atom is -0.373 e. The van der Waals surface area contributed by atoms with Crippen LogP contribution in [0.2, 0.25) is 0 Å². The number of carbonyl (C=O) groups is 2. The quantitative estimate of drug-likeness (QED) is 0.721. The van der Waals surface area contributed by atoms with Crippen molar-refractivity contribution in [1.29, 1.82) is 0 Å². The number of carbonyl (C=O) groups excluding carboxylic acids is 2. The molecule has 0 bridgehead atoms. The summed E-state index contributed by atoms with van der Waals surface area (Å²) < 4.78 is 0. The first-order chi connectivity index (χ1) is 9.30. The number of hydrogen-bond donors (Lipinski definition) is 3. The topological polar surface area (TPSA) is 97.1 Å². The number of nitrogens with two attached hydrogens (primary N) is 1. The third-order valence-electron chi connectivity index (χ3n) is 3.12. The number of amides is 2. The number of anilines is 1. The van der Waals surface area contributed by atoms with Crippen LogP contribution < -0.4 is 16.4 Å². The lowest BCUT2D eigenvalue weighted by Crippen LogP contribution is -2.42. The van der Waals surface area contributed by atoms with Crippen molar-refractivity contribution < 1.29 is 9.59 Å². The summed E-state index contributed by atoms with van der Waals surface area (Å²) >= 11 is 0. The fourth-order valence-corrected chi connectivity index (χ4v) is 1.52. The molecule has 1 aromatic rings. The van der Waals surface area contributed by atoms with Crippen LogP contribution in [0.1, 0.15) is 36.8 Å². The van der Waals surface area contributed by atoms with Gasteiger partial charge in [0.25, 0.3) is 5.91 Å². The predicted molar refractivity (Wildman–Crippen MR) is 78.5 cm³/mol. The molecule has 110 valence electrons. The third kappa shape index (κ3) is 3.94. The number of aryl methyl sites for hydroxylation is 1. The van der Waals surface area contributed by atoms with Crippen molar-refractivity contribution in [2.24, 2.45) is 11.1 Å². The van der Waals surface area contributed by atoms with E-state index in [-0.39, 0.29) is 12.5 Å². The maximum atomic E-state index is 12.1. The normalized spacial score (nSPS) is 11.0. The van der Waals surface area contributed by atoms with Gasteiger partial charge in [-0.1, -0.05) is 6.92 Å². The molecule has 0 fully saturated rings. The largest absolute Gasteiger partial charge is 0.373 e. The van der Waals surface area contributed by atoms with Gasteiger partial charge >= 0.3 is 0 Å². The molecule has 0 saturated carbocycles. The molecule has 6 nitrogen and oxygen atoms in total. The Kier molecular flexibility index (Phi) is 5.07. The molecule has 1 heterocycles. The molecular weight excluding hydrogens is 256 g/mol. The van der Waals surface area contributed by atoms with Crippen molar-refractivity contribution in [3.8, 4) is 0 Å². The first kappa shape index (κ1) is 15.9. The standard InChI is InChI=1S/C14H22N4O2/c1-5-10-6-9(7-11(16-4)18-10)12(19)17-8-14(2,3)13(15)20/h6-7H,5,8H2,1-4H3,(H2,15,20)(H,16,18)(H,17,19). The Hall–Kier alpha value is -2.11. The SMILES string of the molecule is CCc1cc(C(=O)NCC(C)(C)C(N)=O)cc(NC)n1. The Bertz CT molecular complexity index is 490. The van der Waals surface area contributed by atoms with E-state index in [0.29, 0.717) is 11.4 Å². The predicted octanol–water partition coefficient (Wildman–Crippen LogP) is 0.927. The van der Waals surface area contributed by atoms with Gasteiger partial charge in [-0.05, 0) is 32.4 Å². The van der Waals surface area contributed by atoms with Crippen LogP contribution in [-0.4, -0.2) is 30.4 Å². The Morgan fingerprint density at radius 1 is 1.35 bits per heavy atom. The molecule has 0 aliphatic rings. The summed E-state index contributed by atoms with van der Waals surface area (Å²) in [4.78, 5) is 27.7. The van der Waals surface area contributed by atoms with E-state index in [1.54, 1.807) is 33.0 Å². The summed E-state index contributed by atoms with van der Waals surface area (Å²) in [6, 6.07) is 3.42. The number of primary amides is 1. The molecule has 0 saturated heterocycles. The van der Waals surface area contributed by atoms with Crippen molar-refractivity contribution >= 4 is 17.6 Å². The second-order valence-corrected chi connectivity index (χ2v) is 5.27. The molecule has 2 amide bonds. The number of aromatic nitrogens is 1. The Morgan fingerprint density at radius 3 is 2.50 bits per heavy atom. The number of rotatable bonds is 6. The third-order valence-corrected chi connectivity index (χ3v) is 3.12. The zero-order chi connectivity index (χ0) is 15.3. The summed E-state index contributed by atoms with van der Waals surface area (Å²) in [6.45, 7) is 5.55. The summed E-state index contributed by atoms with van der Waals surface area (Å²) in [5, 5.41) is 5.65. The first-order valence-corrected chi connectivity index (χ1v) is 6.57. The average molecular weight is 278 g/mol. The van der Waals surface area contributed by atoms with Crippen LogP contribution >= 0.6 is 0 Å². The number of nitrogens with one attached hydrogen (secondary N) is 2. The number of nitrogens with zero attached hydrogens (tertiary/aromatic N) is 1. The highest BCUT2D eigenvalue weighted by atomic mass is 16.2. The van der Waals surface area contributed by atoms with E-state index in [1.165, 1.54) is 0 Å². The van der Waals surface area contributed by atoms with Crippen LogP contribution in [0.3, 0.4) is 0 Å². The van der Waals surface area contributed by atoms with Crippen LogP contribution in [0.5, 0.6) is 0 Å². The maximum absolute atomic E-state index is 12.1. The molecule has 0 atom stereocenters. The highest BCUT2D eigenvalue weighted by Gasteiger charge is 2.25. The van der Waals surface area contributed by atoms with Crippen LogP contribution in [0, 0.1) is 5.41 Å². The molecule has 1 rings (SSSR count). The van der Waals surface area contributed by atoms with E-state index in [0.717, 1.165) is 12.1 Å². The van der Waals surface area contributed by atoms with Gasteiger partial charge in [-0.25, -0.2) is 4.98 Å². The van der Waals surface area contributed by atoms with E-state index < -0.39 is 11.3 Å². The molecule has 6 heteroatoms. The van der Waals surface area contributed by atoms with Gasteiger partial charge in [-0.15, -0.1) is 0 Å². The lowest BCUT2D eigenvalue weighted by Gasteiger charge is -2.20. The van der Waals surface area contributed by atoms with E-state index in [4.69, 9.17) is 5.73 Å². The Labute approximate surface area is 119 Å². The van der Waals surface area contributed by atoms with Crippen LogP contribution in [0.15, 0.2) is 12.1 Å². The van der Waals surface area contributed by atoms with Crippen molar-refractivity contribution in [2.75, 3.05) is 18.9 Å². The summed E-state index contributed by atoms with van der Waals surface area (Å²) in [7, 11) is 1.75. The van der Waals surface area contributed by atoms with Crippen LogP contribution in [0.25, 0.3) is 0 Å². The second kappa shape index (κ2) is 6.36. The van der Waals surface area contributed by atoms with Gasteiger partial charge in [0.05, 0.1) is 5.41 Å².